The first kappa shape index (κ1) is 19.5. The summed E-state index contributed by atoms with van der Waals surface area (Å²) < 4.78 is 0. The molecular weight excluding hydrogens is 379 g/mol. The molecule has 2 aliphatic heterocycles. The van der Waals surface area contributed by atoms with Crippen LogP contribution in [0.15, 0.2) is 18.2 Å². The number of hydrogen-bond donors (Lipinski definition) is 0. The van der Waals surface area contributed by atoms with Gasteiger partial charge in [-0.05, 0) is 75.7 Å². The lowest BCUT2D eigenvalue weighted by Crippen LogP contribution is -2.60. The number of fused-ring (bicyclic) bond motifs is 1. The van der Waals surface area contributed by atoms with Crippen LogP contribution in [0.1, 0.15) is 51.9 Å². The molecule has 1 saturated carbocycles. The molecule has 0 aromatic heterocycles. The van der Waals surface area contributed by atoms with Crippen LogP contribution in [-0.2, 0) is 4.79 Å². The van der Waals surface area contributed by atoms with E-state index in [4.69, 9.17) is 23.2 Å². The van der Waals surface area contributed by atoms with Gasteiger partial charge in [0.2, 0.25) is 0 Å². The smallest absolute Gasteiger partial charge is 0.152 e. The molecule has 0 radical (unpaired) electrons. The summed E-state index contributed by atoms with van der Waals surface area (Å²) in [5.41, 5.74) is 1.05. The lowest BCUT2D eigenvalue weighted by atomic mass is 9.67. The van der Waals surface area contributed by atoms with Gasteiger partial charge in [-0.2, -0.15) is 0 Å². The van der Waals surface area contributed by atoms with Crippen LogP contribution in [0.25, 0.3) is 0 Å². The molecule has 2 saturated heterocycles. The summed E-state index contributed by atoms with van der Waals surface area (Å²) in [5, 5.41) is 1.14. The number of ketones is 1. The number of anilines is 1. The summed E-state index contributed by atoms with van der Waals surface area (Å²) in [7, 11) is 0. The Morgan fingerprint density at radius 3 is 2.52 bits per heavy atom. The molecule has 0 spiro atoms. The van der Waals surface area contributed by atoms with Gasteiger partial charge in [-0.15, -0.1) is 0 Å². The van der Waals surface area contributed by atoms with Crippen molar-refractivity contribution in [1.82, 2.24) is 4.90 Å². The van der Waals surface area contributed by atoms with E-state index in [1.54, 1.807) is 6.92 Å². The van der Waals surface area contributed by atoms with Crippen molar-refractivity contribution >= 4 is 34.7 Å². The van der Waals surface area contributed by atoms with Gasteiger partial charge in [-0.1, -0.05) is 42.5 Å². The molecule has 4 unspecified atom stereocenters. The Kier molecular flexibility index (Phi) is 6.01. The number of hydrogen-bond acceptors (Lipinski definition) is 3. The minimum atomic E-state index is -0.0334. The van der Waals surface area contributed by atoms with Crippen LogP contribution < -0.4 is 4.90 Å². The lowest BCUT2D eigenvalue weighted by Gasteiger charge is -2.52. The van der Waals surface area contributed by atoms with Crippen molar-refractivity contribution in [3.63, 3.8) is 0 Å². The average molecular weight is 409 g/mol. The fraction of sp³-hybridized carbons (Fsp3) is 0.682. The maximum absolute atomic E-state index is 12.9. The molecule has 3 nitrogen and oxygen atoms in total. The highest BCUT2D eigenvalue weighted by molar-refractivity contribution is 6.42. The van der Waals surface area contributed by atoms with Crippen molar-refractivity contribution in [3.05, 3.63) is 28.2 Å². The number of benzene rings is 1. The number of halogens is 2. The van der Waals surface area contributed by atoms with Crippen molar-refractivity contribution in [2.45, 2.75) is 64.0 Å². The molecule has 4 rings (SSSR count). The van der Waals surface area contributed by atoms with Crippen molar-refractivity contribution < 1.29 is 4.79 Å². The topological polar surface area (TPSA) is 23.6 Å². The Hall–Kier alpha value is -0.770. The molecule has 0 bridgehead atoms. The van der Waals surface area contributed by atoms with E-state index >= 15 is 0 Å². The van der Waals surface area contributed by atoms with E-state index in [9.17, 15) is 4.79 Å². The molecule has 3 fully saturated rings. The third-order valence-corrected chi connectivity index (χ3v) is 7.67. The molecule has 2 heterocycles. The van der Waals surface area contributed by atoms with Crippen LogP contribution in [0.2, 0.25) is 10.0 Å². The van der Waals surface area contributed by atoms with Crippen LogP contribution in [0, 0.1) is 11.8 Å². The van der Waals surface area contributed by atoms with Crippen LogP contribution in [-0.4, -0.2) is 42.4 Å². The number of nitrogens with zero attached hydrogens (tertiary/aromatic N) is 2. The fourth-order valence-corrected chi connectivity index (χ4v) is 6.07. The first-order chi connectivity index (χ1) is 13.0. The van der Waals surface area contributed by atoms with Crippen molar-refractivity contribution in [3.8, 4) is 0 Å². The molecule has 0 amide bonds. The quantitative estimate of drug-likeness (QED) is 0.662. The summed E-state index contributed by atoms with van der Waals surface area (Å²) >= 11 is 12.5. The number of carbonyl (C=O) groups excluding carboxylic acids is 1. The fourth-order valence-electron chi connectivity index (χ4n) is 5.78. The Bertz CT molecular complexity index is 689. The van der Waals surface area contributed by atoms with E-state index in [0.717, 1.165) is 12.2 Å². The second-order valence-corrected chi connectivity index (χ2v) is 9.48. The second kappa shape index (κ2) is 8.31. The van der Waals surface area contributed by atoms with Crippen molar-refractivity contribution in [2.75, 3.05) is 24.5 Å². The number of rotatable bonds is 4. The Balaban J connectivity index is 1.71. The highest BCUT2D eigenvalue weighted by atomic mass is 35.5. The molecule has 148 valence electrons. The van der Waals surface area contributed by atoms with Crippen molar-refractivity contribution in [2.24, 2.45) is 11.8 Å². The lowest BCUT2D eigenvalue weighted by molar-refractivity contribution is -0.121. The summed E-state index contributed by atoms with van der Waals surface area (Å²) in [6.07, 6.45) is 8.78. The predicted molar refractivity (Wildman–Crippen MR) is 113 cm³/mol. The predicted octanol–water partition coefficient (Wildman–Crippen LogP) is 5.43. The zero-order valence-electron chi connectivity index (χ0n) is 16.2. The molecule has 3 aliphatic rings. The van der Waals surface area contributed by atoms with Gasteiger partial charge in [-0.25, -0.2) is 0 Å². The minimum Gasteiger partial charge on any atom is -0.357 e. The SMILES string of the molecule is CC(=O)C1C2CCCCC2CC(CN2CCCC2)N1c1ccc(Cl)c(Cl)c1. The monoisotopic (exact) mass is 408 g/mol. The maximum Gasteiger partial charge on any atom is 0.152 e. The molecule has 27 heavy (non-hydrogen) atoms. The van der Waals surface area contributed by atoms with Crippen molar-refractivity contribution in [1.29, 1.82) is 0 Å². The van der Waals surface area contributed by atoms with E-state index in [1.165, 1.54) is 58.0 Å². The molecular formula is C22H30Cl2N2O. The molecule has 5 heteroatoms. The highest BCUT2D eigenvalue weighted by Crippen LogP contribution is 2.45. The summed E-state index contributed by atoms with van der Waals surface area (Å²) in [6, 6.07) is 6.21. The number of likely N-dealkylation sites (tertiary alicyclic amines) is 1. The van der Waals surface area contributed by atoms with Gasteiger partial charge in [-0.3, -0.25) is 4.79 Å². The second-order valence-electron chi connectivity index (χ2n) is 8.67. The number of Topliss-reactive ketones (excluding diaryl/α,β-unsaturated/α-hetero) is 1. The van der Waals surface area contributed by atoms with Crippen LogP contribution in [0.3, 0.4) is 0 Å². The van der Waals surface area contributed by atoms with E-state index in [1.807, 2.05) is 18.2 Å². The van der Waals surface area contributed by atoms with Gasteiger partial charge in [0, 0.05) is 18.3 Å². The van der Waals surface area contributed by atoms with Crippen LogP contribution in [0.5, 0.6) is 0 Å². The Morgan fingerprint density at radius 1 is 1.07 bits per heavy atom. The van der Waals surface area contributed by atoms with Crippen LogP contribution in [0.4, 0.5) is 5.69 Å². The zero-order chi connectivity index (χ0) is 19.0. The summed E-state index contributed by atoms with van der Waals surface area (Å²) in [6.45, 7) is 5.20. The molecule has 1 aliphatic carbocycles. The normalized spacial score (nSPS) is 31.7. The standard InChI is InChI=1S/C22H30Cl2N2O/c1-15(27)22-19-7-3-2-6-16(19)12-18(14-25-10-4-5-11-25)26(22)17-8-9-20(23)21(24)13-17/h8-9,13,16,18-19,22H,2-7,10-12,14H2,1H3. The van der Waals surface area contributed by atoms with Gasteiger partial charge in [0.1, 0.15) is 0 Å². The molecule has 1 aromatic carbocycles. The Labute approximate surface area is 173 Å². The van der Waals surface area contributed by atoms with Crippen LogP contribution >= 0.6 is 23.2 Å². The summed E-state index contributed by atoms with van der Waals surface area (Å²) in [4.78, 5) is 17.8. The number of piperidine rings is 1. The minimum absolute atomic E-state index is 0.0334. The van der Waals surface area contributed by atoms with Gasteiger partial charge in [0.05, 0.1) is 16.1 Å². The third kappa shape index (κ3) is 4.02. The molecule has 4 atom stereocenters. The van der Waals surface area contributed by atoms with Gasteiger partial charge in [0.15, 0.2) is 5.78 Å². The number of carbonyl (C=O) groups is 1. The van der Waals surface area contributed by atoms with E-state index < -0.39 is 0 Å². The molecule has 1 aromatic rings. The van der Waals surface area contributed by atoms with E-state index in [-0.39, 0.29) is 6.04 Å². The zero-order valence-corrected chi connectivity index (χ0v) is 17.7. The first-order valence-corrected chi connectivity index (χ1v) is 11.3. The molecule has 0 N–H and O–H groups in total. The highest BCUT2D eigenvalue weighted by Gasteiger charge is 2.46. The average Bonchev–Trinajstić information content (AvgIpc) is 3.16. The largest absolute Gasteiger partial charge is 0.357 e. The van der Waals surface area contributed by atoms with Gasteiger partial charge in [0.25, 0.3) is 0 Å². The third-order valence-electron chi connectivity index (χ3n) is 6.93. The van der Waals surface area contributed by atoms with E-state index in [0.29, 0.717) is 33.7 Å². The van der Waals surface area contributed by atoms with Gasteiger partial charge < -0.3 is 9.80 Å². The van der Waals surface area contributed by atoms with E-state index in [2.05, 4.69) is 9.80 Å². The first-order valence-electron chi connectivity index (χ1n) is 10.5. The maximum atomic E-state index is 12.9. The van der Waals surface area contributed by atoms with Gasteiger partial charge >= 0.3 is 0 Å². The Morgan fingerprint density at radius 2 is 1.81 bits per heavy atom. The summed E-state index contributed by atoms with van der Waals surface area (Å²) in [5.74, 6) is 1.45.